The third kappa shape index (κ3) is 3.20. The SMILES string of the molecule is Cc1nnnn1CCC(=O)N(C)[C@H]1C[C@H]2CC(=O)N(C)C[C@H]2C1. The van der Waals surface area contributed by atoms with Crippen molar-refractivity contribution in [3.05, 3.63) is 5.82 Å². The molecular weight excluding hydrogens is 296 g/mol. The van der Waals surface area contributed by atoms with E-state index < -0.39 is 0 Å². The van der Waals surface area contributed by atoms with E-state index in [1.54, 1.807) is 4.68 Å². The van der Waals surface area contributed by atoms with Gasteiger partial charge in [-0.15, -0.1) is 5.10 Å². The Balaban J connectivity index is 1.54. The Morgan fingerprint density at radius 1 is 1.35 bits per heavy atom. The molecule has 1 saturated carbocycles. The summed E-state index contributed by atoms with van der Waals surface area (Å²) in [6, 6.07) is 0.242. The number of aryl methyl sites for hydroxylation is 2. The quantitative estimate of drug-likeness (QED) is 0.785. The van der Waals surface area contributed by atoms with Crippen LogP contribution in [0.5, 0.6) is 0 Å². The molecule has 2 aliphatic rings. The number of aromatic nitrogens is 4. The highest BCUT2D eigenvalue weighted by molar-refractivity contribution is 5.77. The van der Waals surface area contributed by atoms with Gasteiger partial charge in [0.05, 0.1) is 6.54 Å². The molecule has 0 radical (unpaired) electrons. The summed E-state index contributed by atoms with van der Waals surface area (Å²) < 4.78 is 1.65. The van der Waals surface area contributed by atoms with Crippen LogP contribution < -0.4 is 0 Å². The minimum atomic E-state index is 0.114. The molecule has 0 bridgehead atoms. The monoisotopic (exact) mass is 320 g/mol. The largest absolute Gasteiger partial charge is 0.345 e. The number of carbonyl (C=O) groups is 2. The third-order valence-electron chi connectivity index (χ3n) is 5.38. The van der Waals surface area contributed by atoms with Gasteiger partial charge in [0.15, 0.2) is 0 Å². The minimum absolute atomic E-state index is 0.114. The van der Waals surface area contributed by atoms with Crippen LogP contribution in [0, 0.1) is 18.8 Å². The van der Waals surface area contributed by atoms with Gasteiger partial charge in [0.2, 0.25) is 11.8 Å². The van der Waals surface area contributed by atoms with E-state index in [4.69, 9.17) is 0 Å². The summed E-state index contributed by atoms with van der Waals surface area (Å²) in [5.74, 6) is 2.02. The number of hydrogen-bond donors (Lipinski definition) is 0. The van der Waals surface area contributed by atoms with Gasteiger partial charge in [0.1, 0.15) is 5.82 Å². The molecule has 0 spiro atoms. The predicted octanol–water partition coefficient (Wildman–Crippen LogP) is 0.0869. The van der Waals surface area contributed by atoms with E-state index in [0.717, 1.165) is 19.4 Å². The van der Waals surface area contributed by atoms with E-state index in [2.05, 4.69) is 15.5 Å². The van der Waals surface area contributed by atoms with Gasteiger partial charge in [-0.25, -0.2) is 4.68 Å². The minimum Gasteiger partial charge on any atom is -0.345 e. The zero-order chi connectivity index (χ0) is 16.6. The smallest absolute Gasteiger partial charge is 0.224 e. The average molecular weight is 320 g/mol. The Labute approximate surface area is 135 Å². The lowest BCUT2D eigenvalue weighted by atomic mass is 9.88. The van der Waals surface area contributed by atoms with Crippen molar-refractivity contribution in [3.63, 3.8) is 0 Å². The van der Waals surface area contributed by atoms with E-state index in [0.29, 0.717) is 37.0 Å². The Morgan fingerprint density at radius 3 is 2.78 bits per heavy atom. The fourth-order valence-corrected chi connectivity index (χ4v) is 3.84. The molecule has 0 aromatic carbocycles. The van der Waals surface area contributed by atoms with E-state index in [9.17, 15) is 9.59 Å². The van der Waals surface area contributed by atoms with Crippen molar-refractivity contribution in [3.8, 4) is 0 Å². The lowest BCUT2D eigenvalue weighted by Gasteiger charge is -2.31. The molecule has 0 unspecified atom stereocenters. The number of piperidine rings is 1. The van der Waals surface area contributed by atoms with Gasteiger partial charge in [0, 0.05) is 39.5 Å². The number of likely N-dealkylation sites (tertiary alicyclic amines) is 1. The number of amides is 2. The molecule has 1 saturated heterocycles. The van der Waals surface area contributed by atoms with Crippen molar-refractivity contribution in [2.45, 2.75) is 45.2 Å². The Hall–Kier alpha value is -1.99. The van der Waals surface area contributed by atoms with Crippen LogP contribution in [0.15, 0.2) is 0 Å². The van der Waals surface area contributed by atoms with Crippen LogP contribution in [0.1, 0.15) is 31.5 Å². The fourth-order valence-electron chi connectivity index (χ4n) is 3.84. The van der Waals surface area contributed by atoms with Crippen LogP contribution in [-0.4, -0.2) is 68.5 Å². The summed E-state index contributed by atoms with van der Waals surface area (Å²) in [5, 5.41) is 11.3. The lowest BCUT2D eigenvalue weighted by molar-refractivity contribution is -0.135. The third-order valence-corrected chi connectivity index (χ3v) is 5.38. The van der Waals surface area contributed by atoms with Crippen molar-refractivity contribution in [2.75, 3.05) is 20.6 Å². The normalized spacial score (nSPS) is 27.2. The molecule has 8 nitrogen and oxygen atoms in total. The summed E-state index contributed by atoms with van der Waals surface area (Å²) in [6.07, 6.45) is 2.96. The summed E-state index contributed by atoms with van der Waals surface area (Å²) in [6.45, 7) is 3.15. The maximum absolute atomic E-state index is 12.4. The standard InChI is InChI=1S/C15H24N6O2/c1-10-16-17-18-21(10)5-4-14(22)20(3)13-6-11-8-15(23)19(2)9-12(11)7-13/h11-13H,4-9H2,1-3H3/t11-,12+,13-/m0/s1. The van der Waals surface area contributed by atoms with Crippen LogP contribution >= 0.6 is 0 Å². The zero-order valence-corrected chi connectivity index (χ0v) is 14.0. The maximum atomic E-state index is 12.4. The molecule has 2 fully saturated rings. The highest BCUT2D eigenvalue weighted by Crippen LogP contribution is 2.40. The summed E-state index contributed by atoms with van der Waals surface area (Å²) >= 11 is 0. The fraction of sp³-hybridized carbons (Fsp3) is 0.800. The summed E-state index contributed by atoms with van der Waals surface area (Å²) in [4.78, 5) is 28.0. The molecule has 0 N–H and O–H groups in total. The van der Waals surface area contributed by atoms with Gasteiger partial charge in [-0.3, -0.25) is 9.59 Å². The van der Waals surface area contributed by atoms with Crippen LogP contribution in [0.3, 0.4) is 0 Å². The van der Waals surface area contributed by atoms with Gasteiger partial charge in [-0.2, -0.15) is 0 Å². The molecule has 3 rings (SSSR count). The topological polar surface area (TPSA) is 84.2 Å². The molecule has 2 heterocycles. The van der Waals surface area contributed by atoms with Crippen molar-refractivity contribution < 1.29 is 9.59 Å². The summed E-state index contributed by atoms with van der Waals surface area (Å²) in [7, 11) is 3.75. The van der Waals surface area contributed by atoms with Crippen LogP contribution in [0.4, 0.5) is 0 Å². The van der Waals surface area contributed by atoms with Gasteiger partial charge >= 0.3 is 0 Å². The highest BCUT2D eigenvalue weighted by atomic mass is 16.2. The number of nitrogens with zero attached hydrogens (tertiary/aromatic N) is 6. The Bertz CT molecular complexity index is 601. The molecule has 1 aromatic heterocycles. The predicted molar refractivity (Wildman–Crippen MR) is 82.2 cm³/mol. The highest BCUT2D eigenvalue weighted by Gasteiger charge is 2.42. The van der Waals surface area contributed by atoms with Crippen molar-refractivity contribution >= 4 is 11.8 Å². The molecule has 8 heteroatoms. The van der Waals surface area contributed by atoms with Gasteiger partial charge in [-0.05, 0) is 42.0 Å². The van der Waals surface area contributed by atoms with Crippen LogP contribution in [0.2, 0.25) is 0 Å². The Kier molecular flexibility index (Phi) is 4.32. The molecule has 3 atom stereocenters. The summed E-state index contributed by atoms with van der Waals surface area (Å²) in [5.41, 5.74) is 0. The van der Waals surface area contributed by atoms with Gasteiger partial charge in [-0.1, -0.05) is 0 Å². The van der Waals surface area contributed by atoms with Crippen molar-refractivity contribution in [2.24, 2.45) is 11.8 Å². The van der Waals surface area contributed by atoms with Gasteiger partial charge < -0.3 is 9.80 Å². The first-order valence-corrected chi connectivity index (χ1v) is 8.18. The second-order valence-electron chi connectivity index (χ2n) is 6.83. The Morgan fingerprint density at radius 2 is 2.09 bits per heavy atom. The van der Waals surface area contributed by atoms with Crippen molar-refractivity contribution in [1.82, 2.24) is 30.0 Å². The first-order valence-electron chi connectivity index (χ1n) is 8.18. The number of carbonyl (C=O) groups excluding carboxylic acids is 2. The van der Waals surface area contributed by atoms with Gasteiger partial charge in [0.25, 0.3) is 0 Å². The second-order valence-corrected chi connectivity index (χ2v) is 6.83. The maximum Gasteiger partial charge on any atom is 0.224 e. The molecule has 1 aliphatic heterocycles. The number of fused-ring (bicyclic) bond motifs is 1. The van der Waals surface area contributed by atoms with Crippen molar-refractivity contribution in [1.29, 1.82) is 0 Å². The number of rotatable bonds is 4. The number of hydrogen-bond acceptors (Lipinski definition) is 5. The van der Waals surface area contributed by atoms with Crippen LogP contribution in [0.25, 0.3) is 0 Å². The molecule has 1 aliphatic carbocycles. The molecule has 23 heavy (non-hydrogen) atoms. The first-order chi connectivity index (χ1) is 11.0. The average Bonchev–Trinajstić information content (AvgIpc) is 3.10. The lowest BCUT2D eigenvalue weighted by Crippen LogP contribution is -2.40. The first kappa shape index (κ1) is 15.9. The van der Waals surface area contributed by atoms with E-state index in [1.807, 2.05) is 30.8 Å². The van der Waals surface area contributed by atoms with E-state index >= 15 is 0 Å². The molecule has 2 amide bonds. The molecule has 1 aromatic rings. The van der Waals surface area contributed by atoms with E-state index in [-0.39, 0.29) is 17.9 Å². The van der Waals surface area contributed by atoms with E-state index in [1.165, 1.54) is 0 Å². The van der Waals surface area contributed by atoms with Crippen LogP contribution in [-0.2, 0) is 16.1 Å². The zero-order valence-electron chi connectivity index (χ0n) is 14.0. The number of tetrazole rings is 1. The molecule has 126 valence electrons. The molecular formula is C15H24N6O2. The second kappa shape index (κ2) is 6.25.